The second-order valence-electron chi connectivity index (χ2n) is 7.22. The van der Waals surface area contributed by atoms with Crippen LogP contribution in [0, 0.1) is 0 Å². The van der Waals surface area contributed by atoms with Crippen molar-refractivity contribution in [2.24, 2.45) is 0 Å². The number of hydrogen-bond donors (Lipinski definition) is 0. The quantitative estimate of drug-likeness (QED) is 0.784. The minimum Gasteiger partial charge on any atom is -0.352 e. The van der Waals surface area contributed by atoms with Crippen LogP contribution in [0.15, 0.2) is 24.0 Å². The van der Waals surface area contributed by atoms with Crippen molar-refractivity contribution in [2.45, 2.75) is 51.5 Å². The number of imidazole rings is 1. The average molecular weight is 390 g/mol. The maximum Gasteiger partial charge on any atom is 0.253 e. The Balaban J connectivity index is 1.51. The van der Waals surface area contributed by atoms with Gasteiger partial charge in [0.25, 0.3) is 5.91 Å². The summed E-state index contributed by atoms with van der Waals surface area (Å²) < 4.78 is 8.63. The molecule has 1 fully saturated rings. The summed E-state index contributed by atoms with van der Waals surface area (Å²) in [4.78, 5) is 26.2. The Labute approximate surface area is 164 Å². The zero-order valence-corrected chi connectivity index (χ0v) is 16.8. The second-order valence-corrected chi connectivity index (χ2v) is 8.20. The van der Waals surface area contributed by atoms with E-state index in [1.165, 1.54) is 0 Å². The van der Waals surface area contributed by atoms with Crippen LogP contribution in [0.5, 0.6) is 0 Å². The molecule has 4 heterocycles. The Kier molecular flexibility index (Phi) is 5.29. The molecule has 1 amide bonds. The van der Waals surface area contributed by atoms with Crippen molar-refractivity contribution in [3.8, 4) is 0 Å². The zero-order chi connectivity index (χ0) is 18.9. The van der Waals surface area contributed by atoms with Crippen molar-refractivity contribution in [3.63, 3.8) is 0 Å². The van der Waals surface area contributed by atoms with Crippen molar-refractivity contribution in [3.05, 3.63) is 34.8 Å². The van der Waals surface area contributed by atoms with Gasteiger partial charge in [-0.2, -0.15) is 0 Å². The highest BCUT2D eigenvalue weighted by atomic mass is 32.1. The molecule has 1 atom stereocenters. The van der Waals surface area contributed by atoms with Gasteiger partial charge in [0, 0.05) is 50.1 Å². The molecule has 0 radical (unpaired) electrons. The fourth-order valence-electron chi connectivity index (χ4n) is 4.20. The largest absolute Gasteiger partial charge is 0.352 e. The first-order valence-electron chi connectivity index (χ1n) is 9.74. The minimum absolute atomic E-state index is 0.0870. The Morgan fingerprint density at radius 1 is 1.30 bits per heavy atom. The number of hydrogen-bond acceptors (Lipinski definition) is 6. The van der Waals surface area contributed by atoms with Gasteiger partial charge < -0.3 is 14.2 Å². The summed E-state index contributed by atoms with van der Waals surface area (Å²) in [6.07, 6.45) is 6.92. The average Bonchev–Trinajstić information content (AvgIpc) is 3.36. The Bertz CT molecular complexity index is 763. The van der Waals surface area contributed by atoms with Crippen LogP contribution >= 0.6 is 11.3 Å². The molecule has 2 aliphatic heterocycles. The summed E-state index contributed by atoms with van der Waals surface area (Å²) in [6.45, 7) is 8.71. The fraction of sp³-hybridized carbons (Fsp3) is 0.632. The molecule has 2 aromatic heterocycles. The predicted molar refractivity (Wildman–Crippen MR) is 103 cm³/mol. The molecule has 2 aromatic rings. The molecule has 1 saturated heterocycles. The van der Waals surface area contributed by atoms with E-state index in [1.54, 1.807) is 11.3 Å². The Morgan fingerprint density at radius 3 is 2.74 bits per heavy atom. The number of rotatable bonds is 5. The molecule has 0 saturated carbocycles. The van der Waals surface area contributed by atoms with E-state index in [-0.39, 0.29) is 5.91 Å². The van der Waals surface area contributed by atoms with Crippen LogP contribution in [0.3, 0.4) is 0 Å². The van der Waals surface area contributed by atoms with Gasteiger partial charge in [-0.25, -0.2) is 9.97 Å². The highest BCUT2D eigenvalue weighted by Gasteiger charge is 2.47. The molecule has 4 rings (SSSR count). The molecule has 0 unspecified atom stereocenters. The smallest absolute Gasteiger partial charge is 0.253 e. The van der Waals surface area contributed by atoms with E-state index in [0.29, 0.717) is 19.6 Å². The van der Waals surface area contributed by atoms with Gasteiger partial charge in [-0.3, -0.25) is 9.69 Å². The number of likely N-dealkylation sites (tertiary alicyclic amines) is 1. The molecule has 0 N–H and O–H groups in total. The third-order valence-electron chi connectivity index (χ3n) is 5.71. The van der Waals surface area contributed by atoms with Gasteiger partial charge in [0.05, 0.1) is 13.1 Å². The molecular weight excluding hydrogens is 362 g/mol. The van der Waals surface area contributed by atoms with Crippen molar-refractivity contribution in [2.75, 3.05) is 26.2 Å². The van der Waals surface area contributed by atoms with Crippen LogP contribution in [0.4, 0.5) is 0 Å². The number of likely N-dealkylation sites (N-methyl/N-ethyl adjacent to an activating group) is 1. The molecule has 146 valence electrons. The first-order chi connectivity index (χ1) is 13.1. The van der Waals surface area contributed by atoms with Gasteiger partial charge in [0.1, 0.15) is 16.4 Å². The highest BCUT2D eigenvalue weighted by molar-refractivity contribution is 7.09. The van der Waals surface area contributed by atoms with E-state index in [1.807, 2.05) is 42.7 Å². The van der Waals surface area contributed by atoms with Gasteiger partial charge in [0.15, 0.2) is 6.10 Å². The molecule has 2 aliphatic rings. The first-order valence-corrected chi connectivity index (χ1v) is 10.6. The summed E-state index contributed by atoms with van der Waals surface area (Å²) in [7, 11) is 0. The normalized spacial score (nSPS) is 21.9. The number of thiazole rings is 1. The van der Waals surface area contributed by atoms with Crippen LogP contribution in [-0.4, -0.2) is 62.5 Å². The van der Waals surface area contributed by atoms with Crippen LogP contribution in [-0.2, 0) is 28.2 Å². The summed E-state index contributed by atoms with van der Waals surface area (Å²) in [6, 6.07) is 0. The standard InChI is InChI=1S/C19H27N5O2S/c1-3-23(4-2)17(25)15-13-24-11-7-21-18(24)19(26-15)5-9-22(10-6-19)14-16-20-8-12-27-16/h7-8,11-12,15H,3-6,9-10,13-14H2,1-2H3/t15-/m0/s1. The molecule has 8 heteroatoms. The van der Waals surface area contributed by atoms with E-state index in [0.717, 1.165) is 43.3 Å². The van der Waals surface area contributed by atoms with Crippen molar-refractivity contribution in [1.29, 1.82) is 0 Å². The number of nitrogens with zero attached hydrogens (tertiary/aromatic N) is 5. The predicted octanol–water partition coefficient (Wildman–Crippen LogP) is 2.10. The van der Waals surface area contributed by atoms with Crippen molar-refractivity contribution < 1.29 is 9.53 Å². The lowest BCUT2D eigenvalue weighted by molar-refractivity contribution is -0.181. The zero-order valence-electron chi connectivity index (χ0n) is 16.0. The lowest BCUT2D eigenvalue weighted by Crippen LogP contribution is -2.54. The molecular formula is C19H27N5O2S. The number of carbonyl (C=O) groups is 1. The third kappa shape index (κ3) is 3.53. The maximum atomic E-state index is 12.9. The van der Waals surface area contributed by atoms with Crippen molar-refractivity contribution >= 4 is 17.2 Å². The number of carbonyl (C=O) groups excluding carboxylic acids is 1. The molecule has 27 heavy (non-hydrogen) atoms. The first kappa shape index (κ1) is 18.6. The van der Waals surface area contributed by atoms with E-state index in [2.05, 4.69) is 19.4 Å². The summed E-state index contributed by atoms with van der Waals surface area (Å²) >= 11 is 1.70. The monoisotopic (exact) mass is 389 g/mol. The number of piperidine rings is 1. The highest BCUT2D eigenvalue weighted by Crippen LogP contribution is 2.40. The number of amides is 1. The number of fused-ring (bicyclic) bond motifs is 2. The third-order valence-corrected chi connectivity index (χ3v) is 6.47. The van der Waals surface area contributed by atoms with E-state index >= 15 is 0 Å². The van der Waals surface area contributed by atoms with Crippen LogP contribution < -0.4 is 0 Å². The fourth-order valence-corrected chi connectivity index (χ4v) is 4.86. The van der Waals surface area contributed by atoms with E-state index in [4.69, 9.17) is 4.74 Å². The summed E-state index contributed by atoms with van der Waals surface area (Å²) in [5.41, 5.74) is -0.464. The van der Waals surface area contributed by atoms with Gasteiger partial charge in [-0.1, -0.05) is 0 Å². The van der Waals surface area contributed by atoms with Crippen LogP contribution in [0.1, 0.15) is 37.5 Å². The topological polar surface area (TPSA) is 63.5 Å². The lowest BCUT2D eigenvalue weighted by atomic mass is 9.88. The maximum absolute atomic E-state index is 12.9. The van der Waals surface area contributed by atoms with Crippen molar-refractivity contribution in [1.82, 2.24) is 24.3 Å². The van der Waals surface area contributed by atoms with Crippen LogP contribution in [0.2, 0.25) is 0 Å². The van der Waals surface area contributed by atoms with E-state index in [9.17, 15) is 4.79 Å². The second kappa shape index (κ2) is 7.69. The Hall–Kier alpha value is -1.77. The molecule has 0 bridgehead atoms. The van der Waals surface area contributed by atoms with Gasteiger partial charge >= 0.3 is 0 Å². The molecule has 1 spiro atoms. The molecule has 7 nitrogen and oxygen atoms in total. The number of aromatic nitrogens is 3. The molecule has 0 aromatic carbocycles. The van der Waals surface area contributed by atoms with Gasteiger partial charge in [-0.05, 0) is 26.7 Å². The van der Waals surface area contributed by atoms with Gasteiger partial charge in [-0.15, -0.1) is 11.3 Å². The van der Waals surface area contributed by atoms with Crippen LogP contribution in [0.25, 0.3) is 0 Å². The summed E-state index contributed by atoms with van der Waals surface area (Å²) in [5.74, 6) is 1.06. The number of ether oxygens (including phenoxy) is 1. The Morgan fingerprint density at radius 2 is 2.07 bits per heavy atom. The van der Waals surface area contributed by atoms with E-state index < -0.39 is 11.7 Å². The molecule has 0 aliphatic carbocycles. The minimum atomic E-state index is -0.464. The van der Waals surface area contributed by atoms with Gasteiger partial charge in [0.2, 0.25) is 0 Å². The lowest BCUT2D eigenvalue weighted by Gasteiger charge is -2.46. The summed E-state index contributed by atoms with van der Waals surface area (Å²) in [5, 5.41) is 3.16. The SMILES string of the molecule is CCN(CC)C(=O)[C@@H]1Cn2ccnc2C2(CCN(Cc3nccs3)CC2)O1.